The van der Waals surface area contributed by atoms with Crippen LogP contribution in [0, 0.1) is 12.8 Å². The van der Waals surface area contributed by atoms with Gasteiger partial charge in [0.25, 0.3) is 5.89 Å². The van der Waals surface area contributed by atoms with E-state index in [1.165, 1.54) is 0 Å². The Bertz CT molecular complexity index is 868. The zero-order chi connectivity index (χ0) is 17.1. The second kappa shape index (κ2) is 6.66. The molecule has 1 amide bonds. The fourth-order valence-corrected chi connectivity index (χ4v) is 2.26. The fourth-order valence-electron chi connectivity index (χ4n) is 2.26. The number of nitrogens with one attached hydrogen (secondary N) is 1. The zero-order valence-electron chi connectivity index (χ0n) is 13.9. The van der Waals surface area contributed by atoms with Crippen molar-refractivity contribution < 1.29 is 9.32 Å². The third kappa shape index (κ3) is 3.51. The van der Waals surface area contributed by atoms with E-state index in [-0.39, 0.29) is 11.8 Å². The molecule has 0 saturated carbocycles. The molecule has 0 radical (unpaired) electrons. The highest BCUT2D eigenvalue weighted by atomic mass is 16.5. The molecule has 3 rings (SSSR count). The van der Waals surface area contributed by atoms with Crippen LogP contribution in [-0.4, -0.2) is 16.0 Å². The van der Waals surface area contributed by atoms with Crippen molar-refractivity contribution in [2.24, 2.45) is 5.92 Å². The van der Waals surface area contributed by atoms with Gasteiger partial charge in [-0.2, -0.15) is 4.98 Å². The summed E-state index contributed by atoms with van der Waals surface area (Å²) in [4.78, 5) is 16.3. The molecule has 1 heterocycles. The van der Waals surface area contributed by atoms with Crippen LogP contribution in [0.25, 0.3) is 22.8 Å². The molecule has 0 atom stereocenters. The van der Waals surface area contributed by atoms with E-state index >= 15 is 0 Å². The van der Waals surface area contributed by atoms with Crippen molar-refractivity contribution in [3.05, 3.63) is 54.1 Å². The average molecular weight is 321 g/mol. The number of anilines is 1. The van der Waals surface area contributed by atoms with E-state index in [1.54, 1.807) is 0 Å². The van der Waals surface area contributed by atoms with Crippen molar-refractivity contribution in [3.63, 3.8) is 0 Å². The number of amides is 1. The van der Waals surface area contributed by atoms with Gasteiger partial charge in [-0.15, -0.1) is 0 Å². The summed E-state index contributed by atoms with van der Waals surface area (Å²) in [5, 5.41) is 6.92. The second-order valence-corrected chi connectivity index (χ2v) is 6.02. The number of carbonyl (C=O) groups is 1. The van der Waals surface area contributed by atoms with Crippen LogP contribution in [0.15, 0.2) is 53.1 Å². The number of hydrogen-bond donors (Lipinski definition) is 1. The molecule has 3 aromatic rings. The Labute approximate surface area is 140 Å². The van der Waals surface area contributed by atoms with Gasteiger partial charge >= 0.3 is 0 Å². The SMILES string of the molecule is Cc1cccc(-c2noc(-c3cccc(NC(=O)C(C)C)c3)n2)c1. The summed E-state index contributed by atoms with van der Waals surface area (Å²) in [6.07, 6.45) is 0. The highest BCUT2D eigenvalue weighted by Crippen LogP contribution is 2.25. The standard InChI is InChI=1S/C19H19N3O2/c1-12(2)18(23)20-16-9-5-8-15(11-16)19-21-17(22-24-19)14-7-4-6-13(3)10-14/h4-12H,1-3H3,(H,20,23). The molecule has 5 nitrogen and oxygen atoms in total. The summed E-state index contributed by atoms with van der Waals surface area (Å²) in [7, 11) is 0. The van der Waals surface area contributed by atoms with Gasteiger partial charge in [-0.1, -0.05) is 48.8 Å². The number of aryl methyl sites for hydroxylation is 1. The monoisotopic (exact) mass is 321 g/mol. The van der Waals surface area contributed by atoms with Gasteiger partial charge in [0, 0.05) is 22.7 Å². The van der Waals surface area contributed by atoms with Crippen molar-refractivity contribution in [2.45, 2.75) is 20.8 Å². The van der Waals surface area contributed by atoms with E-state index in [2.05, 4.69) is 15.5 Å². The van der Waals surface area contributed by atoms with Crippen LogP contribution in [0.2, 0.25) is 0 Å². The molecule has 0 unspecified atom stereocenters. The van der Waals surface area contributed by atoms with Crippen molar-refractivity contribution in [3.8, 4) is 22.8 Å². The highest BCUT2D eigenvalue weighted by Gasteiger charge is 2.12. The van der Waals surface area contributed by atoms with Crippen LogP contribution in [0.4, 0.5) is 5.69 Å². The lowest BCUT2D eigenvalue weighted by atomic mass is 10.1. The third-order valence-electron chi connectivity index (χ3n) is 3.60. The van der Waals surface area contributed by atoms with Crippen LogP contribution in [0.1, 0.15) is 19.4 Å². The first-order chi connectivity index (χ1) is 11.5. The van der Waals surface area contributed by atoms with Crippen LogP contribution in [0.3, 0.4) is 0 Å². The molecule has 0 bridgehead atoms. The Morgan fingerprint density at radius 3 is 2.58 bits per heavy atom. The van der Waals surface area contributed by atoms with Crippen molar-refractivity contribution in [1.82, 2.24) is 10.1 Å². The zero-order valence-corrected chi connectivity index (χ0v) is 13.9. The summed E-state index contributed by atoms with van der Waals surface area (Å²) in [5.74, 6) is 0.862. The van der Waals surface area contributed by atoms with Gasteiger partial charge < -0.3 is 9.84 Å². The smallest absolute Gasteiger partial charge is 0.258 e. The molecule has 0 spiro atoms. The van der Waals surface area contributed by atoms with Crippen molar-refractivity contribution in [1.29, 1.82) is 0 Å². The summed E-state index contributed by atoms with van der Waals surface area (Å²) < 4.78 is 5.38. The minimum absolute atomic E-state index is 0.0295. The molecule has 0 aliphatic rings. The molecule has 2 aromatic carbocycles. The Morgan fingerprint density at radius 2 is 1.83 bits per heavy atom. The average Bonchev–Trinajstić information content (AvgIpc) is 3.05. The predicted molar refractivity (Wildman–Crippen MR) is 93.4 cm³/mol. The van der Waals surface area contributed by atoms with E-state index in [0.29, 0.717) is 17.4 Å². The number of benzene rings is 2. The highest BCUT2D eigenvalue weighted by molar-refractivity contribution is 5.92. The minimum Gasteiger partial charge on any atom is -0.334 e. The fraction of sp³-hybridized carbons (Fsp3) is 0.211. The van der Waals surface area contributed by atoms with Crippen LogP contribution >= 0.6 is 0 Å². The van der Waals surface area contributed by atoms with Crippen LogP contribution in [0.5, 0.6) is 0 Å². The topological polar surface area (TPSA) is 68.0 Å². The van der Waals surface area contributed by atoms with Gasteiger partial charge in [0.05, 0.1) is 0 Å². The molecule has 5 heteroatoms. The number of hydrogen-bond acceptors (Lipinski definition) is 4. The number of aromatic nitrogens is 2. The molecule has 0 aliphatic heterocycles. The molecular weight excluding hydrogens is 302 g/mol. The summed E-state index contributed by atoms with van der Waals surface area (Å²) in [6, 6.07) is 15.3. The molecule has 0 aliphatic carbocycles. The van der Waals surface area contributed by atoms with E-state index in [0.717, 1.165) is 16.7 Å². The molecule has 0 saturated heterocycles. The van der Waals surface area contributed by atoms with E-state index in [1.807, 2.05) is 69.3 Å². The largest absolute Gasteiger partial charge is 0.334 e. The number of carbonyl (C=O) groups excluding carboxylic acids is 1. The van der Waals surface area contributed by atoms with Crippen LogP contribution in [-0.2, 0) is 4.79 Å². The van der Waals surface area contributed by atoms with E-state index in [9.17, 15) is 4.79 Å². The first-order valence-corrected chi connectivity index (χ1v) is 7.85. The van der Waals surface area contributed by atoms with Crippen molar-refractivity contribution in [2.75, 3.05) is 5.32 Å². The number of nitrogens with zero attached hydrogens (tertiary/aromatic N) is 2. The number of rotatable bonds is 4. The normalized spacial score (nSPS) is 10.8. The first-order valence-electron chi connectivity index (χ1n) is 7.85. The van der Waals surface area contributed by atoms with E-state index < -0.39 is 0 Å². The summed E-state index contributed by atoms with van der Waals surface area (Å²) in [6.45, 7) is 5.72. The van der Waals surface area contributed by atoms with Crippen LogP contribution < -0.4 is 5.32 Å². The van der Waals surface area contributed by atoms with Crippen molar-refractivity contribution >= 4 is 11.6 Å². The third-order valence-corrected chi connectivity index (χ3v) is 3.60. The quantitative estimate of drug-likeness (QED) is 0.777. The molecule has 24 heavy (non-hydrogen) atoms. The summed E-state index contributed by atoms with van der Waals surface area (Å²) >= 11 is 0. The van der Waals surface area contributed by atoms with E-state index in [4.69, 9.17) is 4.52 Å². The van der Waals surface area contributed by atoms with Gasteiger partial charge in [-0.25, -0.2) is 0 Å². The maximum Gasteiger partial charge on any atom is 0.258 e. The molecule has 122 valence electrons. The van der Waals surface area contributed by atoms with Gasteiger partial charge in [-0.3, -0.25) is 4.79 Å². The maximum atomic E-state index is 11.8. The Morgan fingerprint density at radius 1 is 1.08 bits per heavy atom. The Hall–Kier alpha value is -2.95. The van der Waals surface area contributed by atoms with Gasteiger partial charge in [0.1, 0.15) is 0 Å². The minimum atomic E-state index is -0.0787. The first kappa shape index (κ1) is 15.9. The van der Waals surface area contributed by atoms with Gasteiger partial charge in [-0.05, 0) is 31.2 Å². The second-order valence-electron chi connectivity index (χ2n) is 6.02. The molecular formula is C19H19N3O2. The lowest BCUT2D eigenvalue weighted by Crippen LogP contribution is -2.17. The summed E-state index contributed by atoms with van der Waals surface area (Å²) in [5.41, 5.74) is 3.52. The lowest BCUT2D eigenvalue weighted by Gasteiger charge is -2.07. The predicted octanol–water partition coefficient (Wildman–Crippen LogP) is 4.31. The lowest BCUT2D eigenvalue weighted by molar-refractivity contribution is -0.118. The maximum absolute atomic E-state index is 11.8. The Kier molecular flexibility index (Phi) is 4.42. The van der Waals surface area contributed by atoms with Gasteiger partial charge in [0.15, 0.2) is 0 Å². The Balaban J connectivity index is 1.86. The molecule has 0 fully saturated rings. The van der Waals surface area contributed by atoms with Gasteiger partial charge in [0.2, 0.25) is 11.7 Å². The molecule has 1 aromatic heterocycles. The molecule has 1 N–H and O–H groups in total.